The molecule has 2 aliphatic heterocycles. The number of aromatic nitrogens is 2. The van der Waals surface area contributed by atoms with Crippen LogP contribution in [0.15, 0.2) is 25.0 Å². The number of rotatable bonds is 5. The first-order valence-electron chi connectivity index (χ1n) is 8.55. The van der Waals surface area contributed by atoms with Crippen LogP contribution in [0.4, 0.5) is 0 Å². The van der Waals surface area contributed by atoms with Crippen LogP contribution >= 0.6 is 0 Å². The van der Waals surface area contributed by atoms with Crippen molar-refractivity contribution in [1.82, 2.24) is 24.5 Å². The number of piperazine rings is 1. The smallest absolute Gasteiger partial charge is 0.309 e. The number of fused-ring (bicyclic) bond motifs is 1. The minimum absolute atomic E-state index is 0.320. The Morgan fingerprint density at radius 2 is 2.12 bits per heavy atom. The normalized spacial score (nSPS) is 26.7. The second-order valence-corrected chi connectivity index (χ2v) is 6.95. The third-order valence-electron chi connectivity index (χ3n) is 4.99. The van der Waals surface area contributed by atoms with Crippen molar-refractivity contribution >= 4 is 5.97 Å². The van der Waals surface area contributed by atoms with Gasteiger partial charge in [-0.2, -0.15) is 5.10 Å². The molecule has 2 atom stereocenters. The average molecular weight is 333 g/mol. The Morgan fingerprint density at radius 1 is 1.33 bits per heavy atom. The summed E-state index contributed by atoms with van der Waals surface area (Å²) < 4.78 is 1.83. The third kappa shape index (κ3) is 4.03. The maximum atomic E-state index is 11.5. The fraction of sp³-hybridized carbons (Fsp3) is 0.647. The lowest BCUT2D eigenvalue weighted by molar-refractivity contribution is -0.142. The molecule has 7 heteroatoms. The number of aliphatic carboxylic acids is 1. The summed E-state index contributed by atoms with van der Waals surface area (Å²) in [5.74, 6) is -1.01. The zero-order valence-corrected chi connectivity index (χ0v) is 14.3. The van der Waals surface area contributed by atoms with Gasteiger partial charge in [0, 0.05) is 77.2 Å². The van der Waals surface area contributed by atoms with Gasteiger partial charge in [-0.25, -0.2) is 0 Å². The fourth-order valence-electron chi connectivity index (χ4n) is 3.84. The molecule has 2 fully saturated rings. The number of hydrogen-bond acceptors (Lipinski definition) is 5. The van der Waals surface area contributed by atoms with Gasteiger partial charge in [-0.3, -0.25) is 24.2 Å². The first kappa shape index (κ1) is 17.1. The van der Waals surface area contributed by atoms with E-state index in [4.69, 9.17) is 0 Å². The minimum Gasteiger partial charge on any atom is -0.481 e. The summed E-state index contributed by atoms with van der Waals surface area (Å²) in [6.45, 7) is 10.5. The molecule has 0 aliphatic carbocycles. The Morgan fingerprint density at radius 3 is 2.79 bits per heavy atom. The summed E-state index contributed by atoms with van der Waals surface area (Å²) in [7, 11) is 1.94. The van der Waals surface area contributed by atoms with Crippen molar-refractivity contribution < 1.29 is 9.90 Å². The van der Waals surface area contributed by atoms with Crippen LogP contribution in [0.2, 0.25) is 0 Å². The van der Waals surface area contributed by atoms with Crippen molar-refractivity contribution in [2.45, 2.75) is 12.6 Å². The number of nitrogens with zero attached hydrogens (tertiary/aromatic N) is 5. The van der Waals surface area contributed by atoms with E-state index in [1.807, 2.05) is 24.0 Å². The van der Waals surface area contributed by atoms with Crippen molar-refractivity contribution in [3.8, 4) is 0 Å². The number of hydrogen-bond donors (Lipinski definition) is 1. The fourth-order valence-corrected chi connectivity index (χ4v) is 3.84. The van der Waals surface area contributed by atoms with Gasteiger partial charge in [0.1, 0.15) is 0 Å². The Kier molecular flexibility index (Phi) is 5.33. The molecule has 0 unspecified atom stereocenters. The highest BCUT2D eigenvalue weighted by Crippen LogP contribution is 2.20. The van der Waals surface area contributed by atoms with Gasteiger partial charge in [-0.05, 0) is 0 Å². The lowest BCUT2D eigenvalue weighted by Crippen LogP contribution is -2.55. The van der Waals surface area contributed by atoms with E-state index in [1.165, 1.54) is 5.56 Å². The molecule has 2 saturated heterocycles. The van der Waals surface area contributed by atoms with Gasteiger partial charge in [0.2, 0.25) is 0 Å². The van der Waals surface area contributed by atoms with E-state index >= 15 is 0 Å². The van der Waals surface area contributed by atoms with Gasteiger partial charge in [0.05, 0.1) is 12.1 Å². The SMILES string of the molecule is C=CCN1C[C@@H](C(=O)O)CN2CCN(Cc3cnn(C)c3)C[C@@H]2C1. The van der Waals surface area contributed by atoms with Crippen molar-refractivity contribution in [3.63, 3.8) is 0 Å². The molecule has 132 valence electrons. The summed E-state index contributed by atoms with van der Waals surface area (Å²) in [6, 6.07) is 0.375. The van der Waals surface area contributed by atoms with E-state index in [-0.39, 0.29) is 5.92 Å². The second kappa shape index (κ2) is 7.46. The number of aryl methyl sites for hydroxylation is 1. The quantitative estimate of drug-likeness (QED) is 0.772. The average Bonchev–Trinajstić information content (AvgIpc) is 2.84. The summed E-state index contributed by atoms with van der Waals surface area (Å²) in [6.07, 6.45) is 5.85. The Balaban J connectivity index is 1.66. The largest absolute Gasteiger partial charge is 0.481 e. The molecule has 2 aliphatic rings. The molecule has 0 amide bonds. The number of carbonyl (C=O) groups is 1. The molecule has 0 saturated carbocycles. The molecule has 1 N–H and O–H groups in total. The predicted octanol–water partition coefficient (Wildman–Crippen LogP) is 0.109. The van der Waals surface area contributed by atoms with E-state index in [1.54, 1.807) is 0 Å². The first-order chi connectivity index (χ1) is 11.5. The van der Waals surface area contributed by atoms with Gasteiger partial charge in [0.25, 0.3) is 0 Å². The van der Waals surface area contributed by atoms with Crippen molar-refractivity contribution in [1.29, 1.82) is 0 Å². The van der Waals surface area contributed by atoms with E-state index in [0.29, 0.717) is 19.1 Å². The highest BCUT2D eigenvalue weighted by Gasteiger charge is 2.35. The van der Waals surface area contributed by atoms with Crippen LogP contribution in [0.3, 0.4) is 0 Å². The van der Waals surface area contributed by atoms with E-state index in [9.17, 15) is 9.90 Å². The van der Waals surface area contributed by atoms with Crippen LogP contribution in [-0.2, 0) is 18.4 Å². The van der Waals surface area contributed by atoms with Gasteiger partial charge >= 0.3 is 5.97 Å². The molecular formula is C17H27N5O2. The second-order valence-electron chi connectivity index (χ2n) is 6.95. The van der Waals surface area contributed by atoms with Gasteiger partial charge < -0.3 is 5.11 Å². The highest BCUT2D eigenvalue weighted by molar-refractivity contribution is 5.70. The Bertz CT molecular complexity index is 587. The van der Waals surface area contributed by atoms with Gasteiger partial charge in [0.15, 0.2) is 0 Å². The monoisotopic (exact) mass is 333 g/mol. The Labute approximate surface area is 143 Å². The summed E-state index contributed by atoms with van der Waals surface area (Å²) in [5.41, 5.74) is 1.23. The van der Waals surface area contributed by atoms with Crippen molar-refractivity contribution in [3.05, 3.63) is 30.6 Å². The molecule has 1 aromatic rings. The van der Waals surface area contributed by atoms with Gasteiger partial charge in [-0.1, -0.05) is 6.08 Å². The highest BCUT2D eigenvalue weighted by atomic mass is 16.4. The van der Waals surface area contributed by atoms with Crippen molar-refractivity contribution in [2.75, 3.05) is 45.8 Å². The molecule has 0 aromatic carbocycles. The lowest BCUT2D eigenvalue weighted by Gasteiger charge is -2.41. The number of carboxylic acids is 1. The summed E-state index contributed by atoms with van der Waals surface area (Å²) >= 11 is 0. The zero-order chi connectivity index (χ0) is 17.1. The van der Waals surface area contributed by atoms with Crippen LogP contribution in [-0.4, -0.2) is 87.4 Å². The molecule has 0 radical (unpaired) electrons. The molecular weight excluding hydrogens is 306 g/mol. The molecule has 0 spiro atoms. The van der Waals surface area contributed by atoms with Gasteiger partial charge in [-0.15, -0.1) is 6.58 Å². The van der Waals surface area contributed by atoms with E-state index in [0.717, 1.165) is 39.3 Å². The topological polar surface area (TPSA) is 64.8 Å². The van der Waals surface area contributed by atoms with Crippen LogP contribution < -0.4 is 0 Å². The maximum Gasteiger partial charge on any atom is 0.309 e. The molecule has 3 heterocycles. The van der Waals surface area contributed by atoms with Crippen LogP contribution in [0.1, 0.15) is 5.56 Å². The molecule has 0 bridgehead atoms. The molecule has 1 aromatic heterocycles. The van der Waals surface area contributed by atoms with E-state index in [2.05, 4.69) is 32.6 Å². The van der Waals surface area contributed by atoms with Crippen LogP contribution in [0.25, 0.3) is 0 Å². The Hall–Kier alpha value is -1.70. The summed E-state index contributed by atoms with van der Waals surface area (Å²) in [4.78, 5) is 18.6. The summed E-state index contributed by atoms with van der Waals surface area (Å²) in [5, 5.41) is 13.7. The standard InChI is InChI=1S/C17H27N5O2/c1-3-4-20-10-15(17(23)24)11-22-6-5-21(13-16(22)12-20)9-14-7-18-19(2)8-14/h3,7-8,15-16H,1,4-6,9-13H2,2H3,(H,23,24)/t15-,16+/m1/s1. The lowest BCUT2D eigenvalue weighted by atomic mass is 10.1. The molecule has 7 nitrogen and oxygen atoms in total. The number of carboxylic acid groups (broad SMARTS) is 1. The van der Waals surface area contributed by atoms with Crippen LogP contribution in [0, 0.1) is 5.92 Å². The first-order valence-corrected chi connectivity index (χ1v) is 8.55. The molecule has 3 rings (SSSR count). The van der Waals surface area contributed by atoms with Crippen LogP contribution in [0.5, 0.6) is 0 Å². The third-order valence-corrected chi connectivity index (χ3v) is 4.99. The zero-order valence-electron chi connectivity index (χ0n) is 14.3. The molecule has 24 heavy (non-hydrogen) atoms. The maximum absolute atomic E-state index is 11.5. The predicted molar refractivity (Wildman–Crippen MR) is 91.6 cm³/mol. The van der Waals surface area contributed by atoms with E-state index < -0.39 is 5.97 Å². The van der Waals surface area contributed by atoms with Crippen molar-refractivity contribution in [2.24, 2.45) is 13.0 Å². The minimum atomic E-state index is -0.692.